The quantitative estimate of drug-likeness (QED) is 0.813. The zero-order valence-corrected chi connectivity index (χ0v) is 14.1. The van der Waals surface area contributed by atoms with E-state index in [1.807, 2.05) is 6.92 Å². The Morgan fingerprint density at radius 2 is 2.05 bits per heavy atom. The fourth-order valence-electron chi connectivity index (χ4n) is 2.81. The molecule has 0 bridgehead atoms. The second-order valence-electron chi connectivity index (χ2n) is 6.48. The van der Waals surface area contributed by atoms with Crippen LogP contribution >= 0.6 is 0 Å². The summed E-state index contributed by atoms with van der Waals surface area (Å²) in [7, 11) is 0. The fourth-order valence-corrected chi connectivity index (χ4v) is 2.81. The second kappa shape index (κ2) is 8.39. The molecule has 1 aromatic rings. The first-order valence-corrected chi connectivity index (χ1v) is 8.49. The number of benzene rings is 1. The molecule has 4 heteroatoms. The zero-order chi connectivity index (χ0) is 15.9. The predicted molar refractivity (Wildman–Crippen MR) is 91.6 cm³/mol. The van der Waals surface area contributed by atoms with E-state index in [-0.39, 0.29) is 6.10 Å². The van der Waals surface area contributed by atoms with Gasteiger partial charge in [-0.2, -0.15) is 0 Å². The second-order valence-corrected chi connectivity index (χ2v) is 6.48. The Kier molecular flexibility index (Phi) is 6.52. The van der Waals surface area contributed by atoms with Crippen LogP contribution in [0.2, 0.25) is 0 Å². The summed E-state index contributed by atoms with van der Waals surface area (Å²) in [6, 6.07) is 6.49. The van der Waals surface area contributed by atoms with E-state index in [4.69, 9.17) is 4.74 Å². The Labute approximate surface area is 134 Å². The van der Waals surface area contributed by atoms with Crippen molar-refractivity contribution in [1.29, 1.82) is 0 Å². The number of aliphatic hydroxyl groups excluding tert-OH is 1. The number of piperidine rings is 1. The standard InChI is InChI=1S/C18H30N2O2/c1-4-22-18-11-15(13-19-12-14(2)3)5-6-17(18)20-9-7-16(21)8-10-20/h5-6,11,14,16,19,21H,4,7-10,12-13H2,1-3H3. The van der Waals surface area contributed by atoms with E-state index in [1.54, 1.807) is 0 Å². The minimum atomic E-state index is -0.147. The summed E-state index contributed by atoms with van der Waals surface area (Å²) in [5.74, 6) is 1.62. The first-order chi connectivity index (χ1) is 10.6. The van der Waals surface area contributed by atoms with Gasteiger partial charge in [-0.1, -0.05) is 19.9 Å². The molecule has 22 heavy (non-hydrogen) atoms. The van der Waals surface area contributed by atoms with Crippen molar-refractivity contribution in [3.8, 4) is 5.75 Å². The average Bonchev–Trinajstić information content (AvgIpc) is 2.49. The third-order valence-corrected chi connectivity index (χ3v) is 4.01. The highest BCUT2D eigenvalue weighted by Crippen LogP contribution is 2.31. The monoisotopic (exact) mass is 306 g/mol. The lowest BCUT2D eigenvalue weighted by molar-refractivity contribution is 0.145. The molecule has 4 nitrogen and oxygen atoms in total. The lowest BCUT2D eigenvalue weighted by Crippen LogP contribution is -2.36. The lowest BCUT2D eigenvalue weighted by Gasteiger charge is -2.32. The number of rotatable bonds is 7. The molecule has 1 heterocycles. The van der Waals surface area contributed by atoms with Gasteiger partial charge in [0, 0.05) is 19.6 Å². The van der Waals surface area contributed by atoms with Crippen molar-refractivity contribution in [2.24, 2.45) is 5.92 Å². The van der Waals surface area contributed by atoms with Crippen LogP contribution in [0.3, 0.4) is 0 Å². The normalized spacial score (nSPS) is 16.3. The average molecular weight is 306 g/mol. The largest absolute Gasteiger partial charge is 0.492 e. The first kappa shape index (κ1) is 17.1. The molecule has 1 aromatic carbocycles. The van der Waals surface area contributed by atoms with Crippen molar-refractivity contribution in [3.63, 3.8) is 0 Å². The molecule has 1 aliphatic rings. The number of anilines is 1. The minimum Gasteiger partial charge on any atom is -0.492 e. The van der Waals surface area contributed by atoms with Crippen LogP contribution in [0.5, 0.6) is 5.75 Å². The smallest absolute Gasteiger partial charge is 0.142 e. The van der Waals surface area contributed by atoms with Crippen molar-refractivity contribution in [1.82, 2.24) is 5.32 Å². The van der Waals surface area contributed by atoms with Crippen molar-refractivity contribution in [2.45, 2.75) is 46.3 Å². The molecule has 1 fully saturated rings. The number of ether oxygens (including phenoxy) is 1. The first-order valence-electron chi connectivity index (χ1n) is 8.49. The molecule has 124 valence electrons. The van der Waals surface area contributed by atoms with E-state index in [9.17, 15) is 5.11 Å². The summed E-state index contributed by atoms with van der Waals surface area (Å²) in [6.45, 7) is 10.8. The van der Waals surface area contributed by atoms with Gasteiger partial charge in [0.1, 0.15) is 5.75 Å². The molecule has 1 saturated heterocycles. The molecular formula is C18H30N2O2. The number of aliphatic hydroxyl groups is 1. The van der Waals surface area contributed by atoms with Crippen LogP contribution in [-0.4, -0.2) is 37.5 Å². The molecule has 0 spiro atoms. The summed E-state index contributed by atoms with van der Waals surface area (Å²) < 4.78 is 5.85. The summed E-state index contributed by atoms with van der Waals surface area (Å²) in [5.41, 5.74) is 2.41. The maximum absolute atomic E-state index is 9.67. The third kappa shape index (κ3) is 4.89. The maximum atomic E-state index is 9.67. The van der Waals surface area contributed by atoms with Crippen LogP contribution in [0.1, 0.15) is 39.2 Å². The number of hydrogen-bond acceptors (Lipinski definition) is 4. The van der Waals surface area contributed by atoms with Crippen molar-refractivity contribution in [2.75, 3.05) is 31.1 Å². The van der Waals surface area contributed by atoms with E-state index in [0.29, 0.717) is 12.5 Å². The summed E-state index contributed by atoms with van der Waals surface area (Å²) >= 11 is 0. The topological polar surface area (TPSA) is 44.7 Å². The van der Waals surface area contributed by atoms with E-state index < -0.39 is 0 Å². The van der Waals surface area contributed by atoms with Crippen LogP contribution in [0, 0.1) is 5.92 Å². The van der Waals surface area contributed by atoms with E-state index in [2.05, 4.69) is 42.3 Å². The highest BCUT2D eigenvalue weighted by molar-refractivity contribution is 5.60. The molecule has 0 atom stereocenters. The van der Waals surface area contributed by atoms with E-state index >= 15 is 0 Å². The van der Waals surface area contributed by atoms with Crippen LogP contribution in [-0.2, 0) is 6.54 Å². The molecule has 0 aliphatic carbocycles. The van der Waals surface area contributed by atoms with E-state index in [1.165, 1.54) is 5.56 Å². The molecule has 1 aliphatic heterocycles. The fraction of sp³-hybridized carbons (Fsp3) is 0.667. The van der Waals surface area contributed by atoms with Gasteiger partial charge in [0.05, 0.1) is 18.4 Å². The van der Waals surface area contributed by atoms with Gasteiger partial charge in [-0.15, -0.1) is 0 Å². The van der Waals surface area contributed by atoms with Gasteiger partial charge in [0.25, 0.3) is 0 Å². The number of hydrogen-bond donors (Lipinski definition) is 2. The van der Waals surface area contributed by atoms with Gasteiger partial charge in [-0.3, -0.25) is 0 Å². The predicted octanol–water partition coefficient (Wildman–Crippen LogP) is 2.79. The molecule has 0 saturated carbocycles. The van der Waals surface area contributed by atoms with Gasteiger partial charge >= 0.3 is 0 Å². The van der Waals surface area contributed by atoms with Crippen LogP contribution in [0.15, 0.2) is 18.2 Å². The molecule has 2 rings (SSSR count). The highest BCUT2D eigenvalue weighted by Gasteiger charge is 2.20. The number of nitrogens with zero attached hydrogens (tertiary/aromatic N) is 1. The Hall–Kier alpha value is -1.26. The Balaban J connectivity index is 2.06. The third-order valence-electron chi connectivity index (χ3n) is 4.01. The number of nitrogens with one attached hydrogen (secondary N) is 1. The molecule has 0 unspecified atom stereocenters. The van der Waals surface area contributed by atoms with Gasteiger partial charge < -0.3 is 20.1 Å². The van der Waals surface area contributed by atoms with Crippen molar-refractivity contribution in [3.05, 3.63) is 23.8 Å². The highest BCUT2D eigenvalue weighted by atomic mass is 16.5. The zero-order valence-electron chi connectivity index (χ0n) is 14.1. The SMILES string of the molecule is CCOc1cc(CNCC(C)C)ccc1N1CCC(O)CC1. The van der Waals surface area contributed by atoms with Gasteiger partial charge in [0.15, 0.2) is 0 Å². The van der Waals surface area contributed by atoms with Gasteiger partial charge in [-0.25, -0.2) is 0 Å². The van der Waals surface area contributed by atoms with Gasteiger partial charge in [0.2, 0.25) is 0 Å². The lowest BCUT2D eigenvalue weighted by atomic mass is 10.1. The Morgan fingerprint density at radius 3 is 2.68 bits per heavy atom. The summed E-state index contributed by atoms with van der Waals surface area (Å²) in [5, 5.41) is 13.1. The summed E-state index contributed by atoms with van der Waals surface area (Å²) in [6.07, 6.45) is 1.53. The molecule has 2 N–H and O–H groups in total. The minimum absolute atomic E-state index is 0.147. The van der Waals surface area contributed by atoms with Crippen LogP contribution < -0.4 is 15.0 Å². The maximum Gasteiger partial charge on any atom is 0.142 e. The molecular weight excluding hydrogens is 276 g/mol. The van der Waals surface area contributed by atoms with E-state index in [0.717, 1.165) is 50.5 Å². The Bertz CT molecular complexity index is 454. The molecule has 0 aromatic heterocycles. The molecule has 0 radical (unpaired) electrons. The van der Waals surface area contributed by atoms with Gasteiger partial charge in [-0.05, 0) is 49.9 Å². The van der Waals surface area contributed by atoms with Crippen molar-refractivity contribution >= 4 is 5.69 Å². The van der Waals surface area contributed by atoms with Crippen LogP contribution in [0.4, 0.5) is 5.69 Å². The van der Waals surface area contributed by atoms with Crippen molar-refractivity contribution < 1.29 is 9.84 Å². The molecule has 0 amide bonds. The Morgan fingerprint density at radius 1 is 1.32 bits per heavy atom. The summed E-state index contributed by atoms with van der Waals surface area (Å²) in [4.78, 5) is 2.32. The van der Waals surface area contributed by atoms with Crippen LogP contribution in [0.25, 0.3) is 0 Å².